The van der Waals surface area contributed by atoms with E-state index in [0.717, 1.165) is 5.69 Å². The van der Waals surface area contributed by atoms with Crippen molar-refractivity contribution in [2.45, 2.75) is 39.3 Å². The molecule has 0 unspecified atom stereocenters. The quantitative estimate of drug-likeness (QED) is 0.753. The smallest absolute Gasteiger partial charge is 0.229 e. The van der Waals surface area contributed by atoms with Crippen LogP contribution < -0.4 is 5.32 Å². The fourth-order valence-electron chi connectivity index (χ4n) is 2.20. The van der Waals surface area contributed by atoms with Crippen LogP contribution in [-0.4, -0.2) is 25.1 Å². The summed E-state index contributed by atoms with van der Waals surface area (Å²) in [6.07, 6.45) is 3.48. The lowest BCUT2D eigenvalue weighted by Crippen LogP contribution is -2.19. The largest absolute Gasteiger partial charge is 0.339 e. The first-order chi connectivity index (χ1) is 11.1. The first kappa shape index (κ1) is 15.4. The lowest BCUT2D eigenvalue weighted by Gasteiger charge is -2.13. The Morgan fingerprint density at radius 3 is 2.57 bits per heavy atom. The predicted octanol–water partition coefficient (Wildman–Crippen LogP) is 2.62. The molecule has 7 nitrogen and oxygen atoms in total. The van der Waals surface area contributed by atoms with Crippen molar-refractivity contribution >= 4 is 0 Å². The molecule has 0 amide bonds. The van der Waals surface area contributed by atoms with Crippen LogP contribution >= 0.6 is 0 Å². The van der Waals surface area contributed by atoms with Crippen LogP contribution in [0.25, 0.3) is 5.69 Å². The molecule has 1 aromatic carbocycles. The minimum atomic E-state index is 0.181. The van der Waals surface area contributed by atoms with Gasteiger partial charge in [-0.15, -0.1) is 5.10 Å². The van der Waals surface area contributed by atoms with Crippen LogP contribution in [0, 0.1) is 0 Å². The van der Waals surface area contributed by atoms with Gasteiger partial charge in [0.2, 0.25) is 5.89 Å². The van der Waals surface area contributed by atoms with Gasteiger partial charge < -0.3 is 9.84 Å². The van der Waals surface area contributed by atoms with Crippen molar-refractivity contribution in [2.24, 2.45) is 0 Å². The molecule has 0 radical (unpaired) electrons. The second kappa shape index (κ2) is 6.70. The third-order valence-corrected chi connectivity index (χ3v) is 3.62. The Hall–Kier alpha value is -2.54. The standard InChI is InChI=1S/C16H20N6O/c1-11(2)16-19-15(20-23-16)10-17-12(3)13-4-6-14(7-5-13)22-9-8-18-21-22/h4-9,11-12,17H,10H2,1-3H3/t12-/m1/s1. The number of hydrogen-bond donors (Lipinski definition) is 1. The summed E-state index contributed by atoms with van der Waals surface area (Å²) in [5.74, 6) is 1.60. The number of benzene rings is 1. The molecule has 1 N–H and O–H groups in total. The molecule has 0 bridgehead atoms. The van der Waals surface area contributed by atoms with Crippen molar-refractivity contribution in [3.8, 4) is 5.69 Å². The molecule has 23 heavy (non-hydrogen) atoms. The summed E-state index contributed by atoms with van der Waals surface area (Å²) in [4.78, 5) is 4.36. The first-order valence-corrected chi connectivity index (χ1v) is 7.66. The van der Waals surface area contributed by atoms with E-state index in [9.17, 15) is 0 Å². The van der Waals surface area contributed by atoms with Gasteiger partial charge in [-0.2, -0.15) is 4.98 Å². The van der Waals surface area contributed by atoms with Gasteiger partial charge in [0.05, 0.1) is 24.6 Å². The van der Waals surface area contributed by atoms with E-state index in [-0.39, 0.29) is 12.0 Å². The molecule has 2 heterocycles. The molecule has 0 aliphatic carbocycles. The van der Waals surface area contributed by atoms with Gasteiger partial charge in [0.15, 0.2) is 5.82 Å². The normalized spacial score (nSPS) is 12.7. The van der Waals surface area contributed by atoms with E-state index in [1.54, 1.807) is 10.9 Å². The topological polar surface area (TPSA) is 81.7 Å². The lowest BCUT2D eigenvalue weighted by atomic mass is 10.1. The van der Waals surface area contributed by atoms with Crippen LogP contribution in [0.1, 0.15) is 50.0 Å². The van der Waals surface area contributed by atoms with Crippen LogP contribution in [0.3, 0.4) is 0 Å². The van der Waals surface area contributed by atoms with Crippen LogP contribution in [0.4, 0.5) is 0 Å². The second-order valence-electron chi connectivity index (χ2n) is 5.75. The Labute approximate surface area is 134 Å². The maximum absolute atomic E-state index is 5.20. The van der Waals surface area contributed by atoms with Crippen molar-refractivity contribution in [3.63, 3.8) is 0 Å². The molecule has 0 aliphatic heterocycles. The number of nitrogens with one attached hydrogen (secondary N) is 1. The summed E-state index contributed by atoms with van der Waals surface area (Å²) in [5, 5.41) is 15.2. The molecular weight excluding hydrogens is 292 g/mol. The molecule has 3 aromatic rings. The average Bonchev–Trinajstić information content (AvgIpc) is 3.24. The monoisotopic (exact) mass is 312 g/mol. The third kappa shape index (κ3) is 3.62. The van der Waals surface area contributed by atoms with Crippen LogP contribution in [-0.2, 0) is 6.54 Å². The van der Waals surface area contributed by atoms with Crippen LogP contribution in [0.15, 0.2) is 41.2 Å². The Balaban J connectivity index is 1.60. The minimum Gasteiger partial charge on any atom is -0.339 e. The van der Waals surface area contributed by atoms with Gasteiger partial charge in [-0.1, -0.05) is 36.4 Å². The molecule has 0 spiro atoms. The minimum absolute atomic E-state index is 0.181. The van der Waals surface area contributed by atoms with Gasteiger partial charge in [0, 0.05) is 12.0 Å². The maximum atomic E-state index is 5.20. The van der Waals surface area contributed by atoms with Crippen molar-refractivity contribution in [3.05, 3.63) is 53.9 Å². The zero-order valence-electron chi connectivity index (χ0n) is 13.5. The van der Waals surface area contributed by atoms with E-state index < -0.39 is 0 Å². The Morgan fingerprint density at radius 2 is 1.96 bits per heavy atom. The van der Waals surface area contributed by atoms with Crippen molar-refractivity contribution < 1.29 is 4.52 Å². The summed E-state index contributed by atoms with van der Waals surface area (Å²) >= 11 is 0. The fourth-order valence-corrected chi connectivity index (χ4v) is 2.20. The Kier molecular flexibility index (Phi) is 4.47. The molecule has 3 rings (SSSR count). The van der Waals surface area contributed by atoms with Crippen LogP contribution in [0.2, 0.25) is 0 Å². The molecule has 7 heteroatoms. The highest BCUT2D eigenvalue weighted by Gasteiger charge is 2.11. The lowest BCUT2D eigenvalue weighted by molar-refractivity contribution is 0.358. The zero-order chi connectivity index (χ0) is 16.2. The van der Waals surface area contributed by atoms with Crippen molar-refractivity contribution in [2.75, 3.05) is 0 Å². The van der Waals surface area contributed by atoms with Gasteiger partial charge in [-0.05, 0) is 24.6 Å². The molecule has 0 fully saturated rings. The van der Waals surface area contributed by atoms with Gasteiger partial charge in [0.25, 0.3) is 0 Å². The second-order valence-corrected chi connectivity index (χ2v) is 5.75. The van der Waals surface area contributed by atoms with E-state index in [4.69, 9.17) is 4.52 Å². The molecular formula is C16H20N6O. The van der Waals surface area contributed by atoms with Crippen molar-refractivity contribution in [1.82, 2.24) is 30.5 Å². The van der Waals surface area contributed by atoms with Crippen molar-refractivity contribution in [1.29, 1.82) is 0 Å². The van der Waals surface area contributed by atoms with E-state index in [2.05, 4.69) is 44.8 Å². The number of rotatable bonds is 6. The van der Waals surface area contributed by atoms with E-state index >= 15 is 0 Å². The average molecular weight is 312 g/mol. The molecule has 2 aromatic heterocycles. The van der Waals surface area contributed by atoms with E-state index in [1.807, 2.05) is 32.2 Å². The van der Waals surface area contributed by atoms with Gasteiger partial charge in [-0.25, -0.2) is 4.68 Å². The van der Waals surface area contributed by atoms with Gasteiger partial charge in [0.1, 0.15) is 0 Å². The van der Waals surface area contributed by atoms with E-state index in [1.165, 1.54) is 5.56 Å². The fraction of sp³-hybridized carbons (Fsp3) is 0.375. The van der Waals surface area contributed by atoms with E-state index in [0.29, 0.717) is 18.3 Å². The molecule has 0 saturated heterocycles. The van der Waals surface area contributed by atoms with Gasteiger partial charge >= 0.3 is 0 Å². The highest BCUT2D eigenvalue weighted by atomic mass is 16.5. The SMILES string of the molecule is CC(C)c1nc(CN[C@H](C)c2ccc(-n3ccnn3)cc2)no1. The van der Waals surface area contributed by atoms with Crippen LogP contribution in [0.5, 0.6) is 0 Å². The summed E-state index contributed by atoms with van der Waals surface area (Å²) in [5.41, 5.74) is 2.17. The highest BCUT2D eigenvalue weighted by molar-refractivity contribution is 5.34. The maximum Gasteiger partial charge on any atom is 0.229 e. The third-order valence-electron chi connectivity index (χ3n) is 3.62. The Bertz CT molecular complexity index is 732. The molecule has 0 saturated carbocycles. The predicted molar refractivity (Wildman–Crippen MR) is 85.0 cm³/mol. The zero-order valence-corrected chi connectivity index (χ0v) is 13.5. The first-order valence-electron chi connectivity index (χ1n) is 7.66. The number of aromatic nitrogens is 5. The number of hydrogen-bond acceptors (Lipinski definition) is 6. The number of nitrogens with zero attached hydrogens (tertiary/aromatic N) is 5. The highest BCUT2D eigenvalue weighted by Crippen LogP contribution is 2.16. The van der Waals surface area contributed by atoms with Gasteiger partial charge in [-0.3, -0.25) is 0 Å². The molecule has 1 atom stereocenters. The summed E-state index contributed by atoms with van der Waals surface area (Å²) in [6.45, 7) is 6.74. The summed E-state index contributed by atoms with van der Waals surface area (Å²) in [6, 6.07) is 8.37. The Morgan fingerprint density at radius 1 is 1.17 bits per heavy atom. The summed E-state index contributed by atoms with van der Waals surface area (Å²) < 4.78 is 6.94. The molecule has 0 aliphatic rings. The molecule has 120 valence electrons. The summed E-state index contributed by atoms with van der Waals surface area (Å²) in [7, 11) is 0.